The van der Waals surface area contributed by atoms with Crippen LogP contribution in [0.2, 0.25) is 0 Å². The van der Waals surface area contributed by atoms with Gasteiger partial charge < -0.3 is 20.4 Å². The molecule has 0 fully saturated rings. The Labute approximate surface area is 146 Å². The summed E-state index contributed by atoms with van der Waals surface area (Å²) in [6.07, 6.45) is 1.48. The van der Waals surface area contributed by atoms with Crippen LogP contribution in [0.5, 0.6) is 0 Å². The number of carboxylic acid groups (broad SMARTS) is 4. The van der Waals surface area contributed by atoms with Crippen LogP contribution < -0.4 is 0 Å². The molecule has 0 bridgehead atoms. The first kappa shape index (κ1) is 32.0. The molecule has 0 aliphatic carbocycles. The Morgan fingerprint density at radius 1 is 0.714 bits per heavy atom. The van der Waals surface area contributed by atoms with Gasteiger partial charge in [0.2, 0.25) is 0 Å². The van der Waals surface area contributed by atoms with E-state index in [-0.39, 0.29) is 35.5 Å². The van der Waals surface area contributed by atoms with Crippen LogP contribution in [0.15, 0.2) is 0 Å². The van der Waals surface area contributed by atoms with Gasteiger partial charge in [-0.05, 0) is 12.8 Å². The first-order valence-corrected chi connectivity index (χ1v) is 5.73. The summed E-state index contributed by atoms with van der Waals surface area (Å²) < 4.78 is 0. The maximum atomic E-state index is 10.2. The average Bonchev–Trinajstić information content (AvgIpc) is 2.15. The summed E-state index contributed by atoms with van der Waals surface area (Å²) in [5, 5.41) is 30.6. The van der Waals surface area contributed by atoms with E-state index in [0.717, 1.165) is 33.6 Å². The van der Waals surface area contributed by atoms with E-state index < -0.39 is 23.9 Å². The molecule has 0 aromatic carbocycles. The van der Waals surface area contributed by atoms with Gasteiger partial charge in [0.15, 0.2) is 0 Å². The third-order valence-electron chi connectivity index (χ3n) is 1.33. The van der Waals surface area contributed by atoms with Gasteiger partial charge >= 0.3 is 35.5 Å². The van der Waals surface area contributed by atoms with Crippen LogP contribution in [-0.2, 0) is 19.2 Å². The summed E-state index contributed by atoms with van der Waals surface area (Å²) in [5.74, 6) is -3.30. The van der Waals surface area contributed by atoms with Gasteiger partial charge in [-0.25, -0.2) is 0 Å². The number of aliphatic carboxylic acids is 4. The molecule has 0 aliphatic heterocycles. The molecule has 0 spiro atoms. The normalized spacial score (nSPS) is 7.33. The fraction of sp³-hybridized carbons (Fsp3) is 0.667. The fourth-order valence-corrected chi connectivity index (χ4v) is 0.638. The molecule has 0 atom stereocenters. The number of rotatable bonds is 3. The van der Waals surface area contributed by atoms with Crippen molar-refractivity contribution in [1.29, 1.82) is 0 Å². The zero-order chi connectivity index (χ0) is 17.3. The van der Waals surface area contributed by atoms with Crippen LogP contribution in [0.25, 0.3) is 0 Å². The molecule has 9 heteroatoms. The van der Waals surface area contributed by atoms with Gasteiger partial charge in [0, 0.05) is 20.8 Å². The zero-order valence-electron chi connectivity index (χ0n) is 12.4. The number of hydrogen-bond acceptors (Lipinski definition) is 4. The summed E-state index contributed by atoms with van der Waals surface area (Å²) in [6, 6.07) is 0. The van der Waals surface area contributed by atoms with Gasteiger partial charge in [-0.2, -0.15) is 0 Å². The Bertz CT molecular complexity index is 246. The third kappa shape index (κ3) is 114. The van der Waals surface area contributed by atoms with Gasteiger partial charge in [0.05, 0.1) is 5.92 Å². The summed E-state index contributed by atoms with van der Waals surface area (Å²) in [4.78, 5) is 37.2. The molecule has 4 N–H and O–H groups in total. The van der Waals surface area contributed by atoms with E-state index in [1.807, 2.05) is 13.8 Å². The Kier molecular flexibility index (Phi) is 36.5. The van der Waals surface area contributed by atoms with Crippen molar-refractivity contribution in [3.8, 4) is 0 Å². The summed E-state index contributed by atoms with van der Waals surface area (Å²) in [7, 11) is 0. The van der Waals surface area contributed by atoms with Crippen molar-refractivity contribution in [3.63, 3.8) is 0 Å². The first-order valence-electron chi connectivity index (χ1n) is 5.73. The van der Waals surface area contributed by atoms with Crippen LogP contribution in [0, 0.1) is 5.92 Å². The van der Waals surface area contributed by atoms with Crippen molar-refractivity contribution >= 4 is 53.4 Å². The Morgan fingerprint density at radius 3 is 0.857 bits per heavy atom. The van der Waals surface area contributed by atoms with Crippen molar-refractivity contribution < 1.29 is 39.6 Å². The number of carboxylic acids is 4. The summed E-state index contributed by atoms with van der Waals surface area (Å²) in [6.45, 7) is 7.03. The molecular formula is C12H25NaO8. The van der Waals surface area contributed by atoms with Crippen molar-refractivity contribution in [2.24, 2.45) is 5.92 Å². The van der Waals surface area contributed by atoms with Crippen LogP contribution in [-0.4, -0.2) is 73.9 Å². The van der Waals surface area contributed by atoms with E-state index in [0.29, 0.717) is 0 Å². The van der Waals surface area contributed by atoms with Gasteiger partial charge in [0.25, 0.3) is 17.9 Å². The predicted octanol–water partition coefficient (Wildman–Crippen LogP) is 1.13. The molecule has 0 aromatic heterocycles. The molecule has 0 rings (SSSR count). The Hall–Kier alpha value is -1.12. The fourth-order valence-electron chi connectivity index (χ4n) is 0.638. The maximum absolute atomic E-state index is 10.2. The second-order valence-corrected chi connectivity index (χ2v) is 3.41. The minimum atomic E-state index is -0.833. The SMILES string of the molecule is CC(=O)O.CC(=O)O.CC(=O)O.CCC(CC)C(=O)O.[NaH]. The standard InChI is InChI=1S/C6H12O2.3C2H4O2.Na.H/c1-3-5(4-2)6(7)8;3*1-2(3)4;;/h5H,3-4H2,1-2H3,(H,7,8);3*1H3,(H,3,4);;. The Morgan fingerprint density at radius 2 is 0.857 bits per heavy atom. The quantitative estimate of drug-likeness (QED) is 0.565. The van der Waals surface area contributed by atoms with Crippen LogP contribution >= 0.6 is 0 Å². The van der Waals surface area contributed by atoms with Crippen molar-refractivity contribution in [1.82, 2.24) is 0 Å². The summed E-state index contributed by atoms with van der Waals surface area (Å²) in [5.41, 5.74) is 0. The van der Waals surface area contributed by atoms with Crippen molar-refractivity contribution in [2.45, 2.75) is 47.5 Å². The van der Waals surface area contributed by atoms with Crippen LogP contribution in [0.4, 0.5) is 0 Å². The molecule has 21 heavy (non-hydrogen) atoms. The Balaban J connectivity index is -0.0000000570. The topological polar surface area (TPSA) is 149 Å². The monoisotopic (exact) mass is 320 g/mol. The number of hydrogen-bond donors (Lipinski definition) is 4. The molecule has 0 aromatic rings. The van der Waals surface area contributed by atoms with Gasteiger partial charge in [0.1, 0.15) is 0 Å². The number of carbonyl (C=O) groups is 4. The minimum absolute atomic E-state index is 0. The van der Waals surface area contributed by atoms with Crippen LogP contribution in [0.3, 0.4) is 0 Å². The molecule has 8 nitrogen and oxygen atoms in total. The van der Waals surface area contributed by atoms with Crippen molar-refractivity contribution in [2.75, 3.05) is 0 Å². The predicted molar refractivity (Wildman–Crippen MR) is 78.8 cm³/mol. The summed E-state index contributed by atoms with van der Waals surface area (Å²) >= 11 is 0. The molecule has 0 amide bonds. The zero-order valence-corrected chi connectivity index (χ0v) is 12.4. The van der Waals surface area contributed by atoms with E-state index in [2.05, 4.69) is 0 Å². The van der Waals surface area contributed by atoms with E-state index in [1.165, 1.54) is 0 Å². The van der Waals surface area contributed by atoms with Crippen molar-refractivity contribution in [3.05, 3.63) is 0 Å². The van der Waals surface area contributed by atoms with Gasteiger partial charge in [-0.1, -0.05) is 13.8 Å². The second kappa shape index (κ2) is 23.9. The molecule has 0 unspecified atom stereocenters. The molecule has 0 saturated heterocycles. The molecule has 0 radical (unpaired) electrons. The van der Waals surface area contributed by atoms with E-state index in [9.17, 15) is 4.79 Å². The van der Waals surface area contributed by atoms with E-state index in [1.54, 1.807) is 0 Å². The second-order valence-electron chi connectivity index (χ2n) is 3.41. The third-order valence-corrected chi connectivity index (χ3v) is 1.33. The molecule has 0 heterocycles. The average molecular weight is 320 g/mol. The van der Waals surface area contributed by atoms with E-state index >= 15 is 0 Å². The molecular weight excluding hydrogens is 295 g/mol. The van der Waals surface area contributed by atoms with Crippen LogP contribution in [0.1, 0.15) is 47.5 Å². The van der Waals surface area contributed by atoms with E-state index in [4.69, 9.17) is 34.8 Å². The van der Waals surface area contributed by atoms with Gasteiger partial charge in [-0.15, -0.1) is 0 Å². The first-order chi connectivity index (χ1) is 8.91. The molecule has 122 valence electrons. The molecule has 0 aliphatic rings. The van der Waals surface area contributed by atoms with Gasteiger partial charge in [-0.3, -0.25) is 19.2 Å². The molecule has 0 saturated carbocycles.